The molecule has 3 N–H and O–H groups in total. The van der Waals surface area contributed by atoms with Crippen molar-refractivity contribution in [1.29, 1.82) is 0 Å². The van der Waals surface area contributed by atoms with Gasteiger partial charge in [0.1, 0.15) is 23.3 Å². The van der Waals surface area contributed by atoms with Crippen LogP contribution in [0.1, 0.15) is 47.0 Å². The van der Waals surface area contributed by atoms with Gasteiger partial charge in [-0.2, -0.15) is 0 Å². The molecule has 2 saturated heterocycles. The maximum Gasteiger partial charge on any atom is 0.274 e. The predicted molar refractivity (Wildman–Crippen MR) is 137 cm³/mol. The number of nitrogens with zero attached hydrogens (tertiary/aromatic N) is 4. The minimum atomic E-state index is -0.422. The van der Waals surface area contributed by atoms with Crippen molar-refractivity contribution in [3.63, 3.8) is 0 Å². The highest BCUT2D eigenvalue weighted by molar-refractivity contribution is 5.99. The number of nitrogens with one attached hydrogen (secondary N) is 1. The normalized spacial score (nSPS) is 16.2. The summed E-state index contributed by atoms with van der Waals surface area (Å²) in [5, 5.41) is 2.69. The van der Waals surface area contributed by atoms with Gasteiger partial charge >= 0.3 is 0 Å². The molecule has 0 radical (unpaired) electrons. The molecule has 0 aliphatic carbocycles. The van der Waals surface area contributed by atoms with E-state index in [-0.39, 0.29) is 34.8 Å². The van der Waals surface area contributed by atoms with Crippen LogP contribution in [0, 0.1) is 0 Å². The summed E-state index contributed by atoms with van der Waals surface area (Å²) >= 11 is 0. The van der Waals surface area contributed by atoms with Crippen molar-refractivity contribution in [2.45, 2.75) is 32.3 Å². The van der Waals surface area contributed by atoms with Crippen molar-refractivity contribution in [3.05, 3.63) is 66.0 Å². The number of ether oxygens (including phenoxy) is 3. The molecule has 0 atom stereocenters. The number of allylic oxidation sites excluding steroid dienone is 2. The zero-order valence-corrected chi connectivity index (χ0v) is 20.7. The summed E-state index contributed by atoms with van der Waals surface area (Å²) in [6, 6.07) is 4.87. The third-order valence-corrected chi connectivity index (χ3v) is 5.77. The zero-order valence-electron chi connectivity index (χ0n) is 20.7. The van der Waals surface area contributed by atoms with E-state index in [9.17, 15) is 9.59 Å². The van der Waals surface area contributed by atoms with Crippen LogP contribution in [0.3, 0.4) is 0 Å². The standard InChI is InChI=1S/C26H30N6O5/c1-17(13-27)28-14-18(2)31-25(33)19-10-21(36-20-4-8-35-9-5-20)12-22(11-19)37-24-16-29-23(15-30-24)26(34)32-6-3-7-32/h10-16,20H,2-9,27H2,1H3,(H,31,33)/b17-13-,28-14?. The van der Waals surface area contributed by atoms with E-state index in [4.69, 9.17) is 19.9 Å². The van der Waals surface area contributed by atoms with Crippen molar-refractivity contribution >= 4 is 18.0 Å². The van der Waals surface area contributed by atoms with Gasteiger partial charge < -0.3 is 30.2 Å². The van der Waals surface area contributed by atoms with Gasteiger partial charge in [0.25, 0.3) is 11.8 Å². The zero-order chi connectivity index (χ0) is 26.2. The lowest BCUT2D eigenvalue weighted by Gasteiger charge is -2.30. The molecule has 2 fully saturated rings. The molecule has 2 amide bonds. The molecule has 2 aromatic rings. The first-order valence-corrected chi connectivity index (χ1v) is 12.0. The van der Waals surface area contributed by atoms with Crippen LogP contribution < -0.4 is 20.5 Å². The number of hydrogen-bond donors (Lipinski definition) is 2. The molecule has 0 saturated carbocycles. The van der Waals surface area contributed by atoms with E-state index in [1.165, 1.54) is 24.8 Å². The van der Waals surface area contributed by atoms with Crippen LogP contribution in [0.5, 0.6) is 17.4 Å². The monoisotopic (exact) mass is 506 g/mol. The average Bonchev–Trinajstić information content (AvgIpc) is 2.87. The van der Waals surface area contributed by atoms with E-state index in [0.717, 1.165) is 32.4 Å². The summed E-state index contributed by atoms with van der Waals surface area (Å²) in [4.78, 5) is 39.5. The quantitative estimate of drug-likeness (QED) is 0.495. The van der Waals surface area contributed by atoms with Crippen LogP contribution in [0.2, 0.25) is 0 Å². The van der Waals surface area contributed by atoms with Gasteiger partial charge in [0.2, 0.25) is 5.88 Å². The molecular weight excluding hydrogens is 476 g/mol. The fourth-order valence-corrected chi connectivity index (χ4v) is 3.57. The number of nitrogens with two attached hydrogens (primary N) is 1. The highest BCUT2D eigenvalue weighted by Crippen LogP contribution is 2.28. The van der Waals surface area contributed by atoms with Gasteiger partial charge in [0.15, 0.2) is 0 Å². The lowest BCUT2D eigenvalue weighted by molar-refractivity contribution is 0.0254. The number of benzene rings is 1. The Morgan fingerprint density at radius 1 is 1.19 bits per heavy atom. The minimum absolute atomic E-state index is 0.0420. The largest absolute Gasteiger partial charge is 0.490 e. The van der Waals surface area contributed by atoms with Crippen LogP contribution in [-0.4, -0.2) is 65.3 Å². The van der Waals surface area contributed by atoms with Gasteiger partial charge in [0, 0.05) is 43.8 Å². The second kappa shape index (κ2) is 12.1. The Bertz CT molecular complexity index is 1200. The lowest BCUT2D eigenvalue weighted by Crippen LogP contribution is -2.42. The SMILES string of the molecule is C=C(C=N/C(C)=C\N)NC(=O)c1cc(Oc2cnc(C(=O)N3CCC3)cn2)cc(OC2CCOCC2)c1. The molecule has 2 aliphatic heterocycles. The van der Waals surface area contributed by atoms with Gasteiger partial charge in [-0.3, -0.25) is 14.6 Å². The fourth-order valence-electron chi connectivity index (χ4n) is 3.57. The van der Waals surface area contributed by atoms with Gasteiger partial charge in [0.05, 0.1) is 43.2 Å². The molecule has 1 aromatic carbocycles. The summed E-state index contributed by atoms with van der Waals surface area (Å²) < 4.78 is 17.4. The van der Waals surface area contributed by atoms with Crippen molar-refractivity contribution < 1.29 is 23.8 Å². The molecule has 0 bridgehead atoms. The molecule has 194 valence electrons. The van der Waals surface area contributed by atoms with E-state index < -0.39 is 5.91 Å². The fraction of sp³-hybridized carbons (Fsp3) is 0.346. The summed E-state index contributed by atoms with van der Waals surface area (Å²) in [5.74, 6) is 0.391. The van der Waals surface area contributed by atoms with E-state index in [0.29, 0.717) is 30.4 Å². The molecule has 3 heterocycles. The molecule has 2 aliphatic rings. The third-order valence-electron chi connectivity index (χ3n) is 5.77. The maximum atomic E-state index is 13.0. The number of aliphatic imine (C=N–C) groups is 1. The molecule has 0 spiro atoms. The maximum absolute atomic E-state index is 13.0. The Labute approximate surface area is 215 Å². The van der Waals surface area contributed by atoms with Crippen LogP contribution >= 0.6 is 0 Å². The average molecular weight is 507 g/mol. The molecule has 4 rings (SSSR count). The van der Waals surface area contributed by atoms with Gasteiger partial charge in [-0.15, -0.1) is 0 Å². The second-order valence-electron chi connectivity index (χ2n) is 8.66. The molecule has 1 aromatic heterocycles. The summed E-state index contributed by atoms with van der Waals surface area (Å²) in [6.07, 6.45) is 7.96. The highest BCUT2D eigenvalue weighted by Gasteiger charge is 2.23. The Morgan fingerprint density at radius 3 is 2.59 bits per heavy atom. The number of rotatable bonds is 9. The van der Waals surface area contributed by atoms with Gasteiger partial charge in [-0.25, -0.2) is 9.97 Å². The van der Waals surface area contributed by atoms with E-state index >= 15 is 0 Å². The van der Waals surface area contributed by atoms with Crippen molar-refractivity contribution in [2.75, 3.05) is 26.3 Å². The number of likely N-dealkylation sites (tertiary alicyclic amines) is 1. The van der Waals surface area contributed by atoms with Gasteiger partial charge in [-0.05, 0) is 25.5 Å². The first-order valence-electron chi connectivity index (χ1n) is 12.0. The van der Waals surface area contributed by atoms with Crippen molar-refractivity contribution in [2.24, 2.45) is 10.7 Å². The molecule has 11 nitrogen and oxygen atoms in total. The summed E-state index contributed by atoms with van der Waals surface area (Å²) in [5.41, 5.74) is 6.83. The molecule has 37 heavy (non-hydrogen) atoms. The summed E-state index contributed by atoms with van der Waals surface area (Å²) in [6.45, 7) is 8.21. The number of hydrogen-bond acceptors (Lipinski definition) is 9. The lowest BCUT2D eigenvalue weighted by atomic mass is 10.1. The van der Waals surface area contributed by atoms with E-state index in [1.807, 2.05) is 0 Å². The van der Waals surface area contributed by atoms with Gasteiger partial charge in [-0.1, -0.05) is 6.58 Å². The van der Waals surface area contributed by atoms with Crippen molar-refractivity contribution in [3.8, 4) is 17.4 Å². The predicted octanol–water partition coefficient (Wildman–Crippen LogP) is 2.81. The van der Waals surface area contributed by atoms with Crippen LogP contribution in [0.25, 0.3) is 0 Å². The number of carbonyl (C=O) groups is 2. The number of aromatic nitrogens is 2. The Morgan fingerprint density at radius 2 is 1.95 bits per heavy atom. The topological polar surface area (TPSA) is 141 Å². The first kappa shape index (κ1) is 25.8. The summed E-state index contributed by atoms with van der Waals surface area (Å²) in [7, 11) is 0. The van der Waals surface area contributed by atoms with Crippen molar-refractivity contribution in [1.82, 2.24) is 20.2 Å². The molecule has 0 unspecified atom stereocenters. The van der Waals surface area contributed by atoms with E-state index in [1.54, 1.807) is 30.0 Å². The van der Waals surface area contributed by atoms with Crippen LogP contribution in [0.4, 0.5) is 0 Å². The Balaban J connectivity index is 1.51. The first-order chi connectivity index (χ1) is 17.9. The Kier molecular flexibility index (Phi) is 8.47. The molecular formula is C26H30N6O5. The third kappa shape index (κ3) is 7.14. The second-order valence-corrected chi connectivity index (χ2v) is 8.66. The minimum Gasteiger partial charge on any atom is -0.490 e. The smallest absolute Gasteiger partial charge is 0.274 e. The molecule has 11 heteroatoms. The van der Waals surface area contributed by atoms with Crippen LogP contribution in [-0.2, 0) is 4.74 Å². The number of amides is 2. The van der Waals surface area contributed by atoms with E-state index in [2.05, 4.69) is 26.9 Å². The van der Waals surface area contributed by atoms with Crippen LogP contribution in [0.15, 0.2) is 59.8 Å². The highest BCUT2D eigenvalue weighted by atomic mass is 16.5. The number of carbonyl (C=O) groups excluding carboxylic acids is 2. The Hall–Kier alpha value is -4.25.